The highest BCUT2D eigenvalue weighted by Crippen LogP contribution is 2.32. The Morgan fingerprint density at radius 1 is 1.36 bits per heavy atom. The lowest BCUT2D eigenvalue weighted by atomic mass is 9.84. The first-order valence-electron chi connectivity index (χ1n) is 8.46. The van der Waals surface area contributed by atoms with Gasteiger partial charge < -0.3 is 4.90 Å². The molecule has 0 bridgehead atoms. The van der Waals surface area contributed by atoms with Crippen molar-refractivity contribution in [2.24, 2.45) is 5.92 Å². The van der Waals surface area contributed by atoms with Crippen molar-refractivity contribution in [2.45, 2.75) is 44.2 Å². The zero-order chi connectivity index (χ0) is 18.2. The zero-order valence-electron chi connectivity index (χ0n) is 14.0. The molecular formula is C17H22BrFN2O3S. The number of carbonyl (C=O) groups excluding carboxylic acids is 1. The van der Waals surface area contributed by atoms with E-state index >= 15 is 0 Å². The molecule has 3 rings (SSSR count). The molecule has 1 heterocycles. The van der Waals surface area contributed by atoms with Crippen LogP contribution >= 0.6 is 15.9 Å². The lowest BCUT2D eigenvalue weighted by molar-refractivity contribution is -0.139. The van der Waals surface area contributed by atoms with Crippen molar-refractivity contribution in [3.05, 3.63) is 34.1 Å². The van der Waals surface area contributed by atoms with Gasteiger partial charge in [0.25, 0.3) is 0 Å². The van der Waals surface area contributed by atoms with E-state index in [-0.39, 0.29) is 29.7 Å². The number of hydrogen-bond donors (Lipinski definition) is 1. The Balaban J connectivity index is 1.82. The Bertz CT molecular complexity index is 767. The van der Waals surface area contributed by atoms with Gasteiger partial charge in [-0.25, -0.2) is 17.5 Å². The first-order valence-corrected chi connectivity index (χ1v) is 11.1. The number of nitrogens with one attached hydrogen (secondary N) is 1. The van der Waals surface area contributed by atoms with Crippen molar-refractivity contribution in [1.82, 2.24) is 9.62 Å². The van der Waals surface area contributed by atoms with E-state index in [1.807, 2.05) is 4.90 Å². The molecule has 8 heteroatoms. The third kappa shape index (κ3) is 4.41. The van der Waals surface area contributed by atoms with Crippen molar-refractivity contribution in [3.63, 3.8) is 0 Å². The summed E-state index contributed by atoms with van der Waals surface area (Å²) in [5.74, 6) is -0.155. The SMILES string of the molecule is CS(=O)(=O)NC1CCN(C(=O)C2CCC2)C1Cc1ccc(F)c(Br)c1. The molecule has 2 atom stereocenters. The number of benzene rings is 1. The Morgan fingerprint density at radius 3 is 2.64 bits per heavy atom. The Labute approximate surface area is 156 Å². The first kappa shape index (κ1) is 18.8. The minimum absolute atomic E-state index is 0.0689. The quantitative estimate of drug-likeness (QED) is 0.776. The molecule has 1 saturated carbocycles. The molecule has 1 saturated heterocycles. The summed E-state index contributed by atoms with van der Waals surface area (Å²) in [6, 6.07) is 4.19. The van der Waals surface area contributed by atoms with Crippen molar-refractivity contribution in [1.29, 1.82) is 0 Å². The van der Waals surface area contributed by atoms with Crippen molar-refractivity contribution in [2.75, 3.05) is 12.8 Å². The summed E-state index contributed by atoms with van der Waals surface area (Å²) in [5, 5.41) is 0. The maximum atomic E-state index is 13.5. The fourth-order valence-electron chi connectivity index (χ4n) is 3.59. The molecule has 138 valence electrons. The third-order valence-corrected chi connectivity index (χ3v) is 6.42. The number of hydrogen-bond acceptors (Lipinski definition) is 3. The molecule has 0 radical (unpaired) electrons. The van der Waals surface area contributed by atoms with Crippen LogP contribution in [0.2, 0.25) is 0 Å². The summed E-state index contributed by atoms with van der Waals surface area (Å²) in [6.45, 7) is 0.551. The summed E-state index contributed by atoms with van der Waals surface area (Å²) in [4.78, 5) is 14.6. The maximum absolute atomic E-state index is 13.5. The van der Waals surface area contributed by atoms with Gasteiger partial charge in [0.15, 0.2) is 0 Å². The molecule has 1 aliphatic heterocycles. The van der Waals surface area contributed by atoms with E-state index in [1.165, 1.54) is 6.07 Å². The fourth-order valence-corrected chi connectivity index (χ4v) is 4.84. The minimum Gasteiger partial charge on any atom is -0.337 e. The molecule has 5 nitrogen and oxygen atoms in total. The number of carbonyl (C=O) groups is 1. The molecule has 1 aromatic rings. The van der Waals surface area contributed by atoms with Gasteiger partial charge in [-0.3, -0.25) is 4.79 Å². The monoisotopic (exact) mass is 432 g/mol. The molecule has 0 spiro atoms. The summed E-state index contributed by atoms with van der Waals surface area (Å²) in [5.41, 5.74) is 0.867. The van der Waals surface area contributed by atoms with E-state index in [4.69, 9.17) is 0 Å². The number of likely N-dealkylation sites (tertiary alicyclic amines) is 1. The predicted molar refractivity (Wildman–Crippen MR) is 97.0 cm³/mol. The van der Waals surface area contributed by atoms with Crippen LogP contribution in [0, 0.1) is 11.7 Å². The topological polar surface area (TPSA) is 66.5 Å². The van der Waals surface area contributed by atoms with Crippen molar-refractivity contribution in [3.8, 4) is 0 Å². The zero-order valence-corrected chi connectivity index (χ0v) is 16.4. The van der Waals surface area contributed by atoms with Crippen LogP contribution in [-0.2, 0) is 21.2 Å². The van der Waals surface area contributed by atoms with Gasteiger partial charge >= 0.3 is 0 Å². The summed E-state index contributed by atoms with van der Waals surface area (Å²) in [7, 11) is -3.37. The Hall–Kier alpha value is -0.990. The highest BCUT2D eigenvalue weighted by molar-refractivity contribution is 9.10. The average Bonchev–Trinajstić information content (AvgIpc) is 2.82. The Morgan fingerprint density at radius 2 is 2.08 bits per heavy atom. The van der Waals surface area contributed by atoms with E-state index < -0.39 is 10.0 Å². The van der Waals surface area contributed by atoms with E-state index in [0.29, 0.717) is 23.9 Å². The van der Waals surface area contributed by atoms with E-state index in [9.17, 15) is 17.6 Å². The molecule has 1 N–H and O–H groups in total. The van der Waals surface area contributed by atoms with Crippen molar-refractivity contribution >= 4 is 31.9 Å². The molecule has 2 fully saturated rings. The summed E-state index contributed by atoms with van der Waals surface area (Å²) >= 11 is 3.18. The van der Waals surface area contributed by atoms with Crippen LogP contribution in [0.15, 0.2) is 22.7 Å². The van der Waals surface area contributed by atoms with Gasteiger partial charge in [-0.1, -0.05) is 12.5 Å². The molecule has 1 aliphatic carbocycles. The molecule has 2 unspecified atom stereocenters. The molecule has 1 amide bonds. The Kier molecular flexibility index (Phi) is 5.51. The van der Waals surface area contributed by atoms with Crippen LogP contribution in [0.1, 0.15) is 31.2 Å². The lowest BCUT2D eigenvalue weighted by Gasteiger charge is -2.34. The average molecular weight is 433 g/mol. The number of halogens is 2. The number of rotatable bonds is 5. The fraction of sp³-hybridized carbons (Fsp3) is 0.588. The second-order valence-corrected chi connectivity index (χ2v) is 9.60. The van der Waals surface area contributed by atoms with E-state index in [1.54, 1.807) is 12.1 Å². The summed E-state index contributed by atoms with van der Waals surface area (Å²) in [6.07, 6.45) is 5.12. The largest absolute Gasteiger partial charge is 0.337 e. The van der Waals surface area contributed by atoms with Gasteiger partial charge in [-0.05, 0) is 59.3 Å². The van der Waals surface area contributed by atoms with Gasteiger partial charge in [0.05, 0.1) is 16.8 Å². The van der Waals surface area contributed by atoms with Crippen LogP contribution < -0.4 is 4.72 Å². The highest BCUT2D eigenvalue weighted by atomic mass is 79.9. The number of nitrogens with zero attached hydrogens (tertiary/aromatic N) is 1. The van der Waals surface area contributed by atoms with Crippen LogP contribution in [0.5, 0.6) is 0 Å². The minimum atomic E-state index is -3.37. The van der Waals surface area contributed by atoms with Crippen LogP contribution in [0.3, 0.4) is 0 Å². The maximum Gasteiger partial charge on any atom is 0.225 e. The first-order chi connectivity index (χ1) is 11.7. The molecular weight excluding hydrogens is 411 g/mol. The van der Waals surface area contributed by atoms with Crippen molar-refractivity contribution < 1.29 is 17.6 Å². The second kappa shape index (κ2) is 7.32. The van der Waals surface area contributed by atoms with Gasteiger partial charge in [0.2, 0.25) is 15.9 Å². The predicted octanol–water partition coefficient (Wildman–Crippen LogP) is 2.45. The number of sulfonamides is 1. The molecule has 1 aromatic carbocycles. The number of amides is 1. The van der Waals surface area contributed by atoms with Gasteiger partial charge in [-0.15, -0.1) is 0 Å². The molecule has 0 aromatic heterocycles. The van der Waals surface area contributed by atoms with Crippen LogP contribution in [-0.4, -0.2) is 44.1 Å². The highest BCUT2D eigenvalue weighted by Gasteiger charge is 2.41. The normalized spacial score (nSPS) is 24.4. The lowest BCUT2D eigenvalue weighted by Crippen LogP contribution is -2.49. The van der Waals surface area contributed by atoms with Gasteiger partial charge in [0, 0.05) is 18.5 Å². The van der Waals surface area contributed by atoms with E-state index in [0.717, 1.165) is 31.1 Å². The third-order valence-electron chi connectivity index (χ3n) is 5.08. The van der Waals surface area contributed by atoms with E-state index in [2.05, 4.69) is 20.7 Å². The second-order valence-electron chi connectivity index (χ2n) is 6.96. The van der Waals surface area contributed by atoms with Crippen LogP contribution in [0.4, 0.5) is 4.39 Å². The van der Waals surface area contributed by atoms with Gasteiger partial charge in [-0.2, -0.15) is 0 Å². The molecule has 2 aliphatic rings. The van der Waals surface area contributed by atoms with Crippen LogP contribution in [0.25, 0.3) is 0 Å². The standard InChI is InChI=1S/C17H22BrFN2O3S/c1-25(23,24)20-15-7-8-21(17(22)12-3-2-4-12)16(15)10-11-5-6-14(19)13(18)9-11/h5-6,9,12,15-16,20H,2-4,7-8,10H2,1H3. The van der Waals surface area contributed by atoms with Gasteiger partial charge in [0.1, 0.15) is 5.82 Å². The smallest absolute Gasteiger partial charge is 0.225 e. The molecule has 25 heavy (non-hydrogen) atoms. The summed E-state index contributed by atoms with van der Waals surface area (Å²) < 4.78 is 39.9.